The molecule has 1 heterocycles. The smallest absolute Gasteiger partial charge is 0.108 e. The topological polar surface area (TPSA) is 9.23 Å². The van der Waals surface area contributed by atoms with Crippen LogP contribution in [0.25, 0.3) is 10.8 Å². The van der Waals surface area contributed by atoms with Crippen molar-refractivity contribution in [2.75, 3.05) is 0 Å². The van der Waals surface area contributed by atoms with Crippen LogP contribution in [-0.4, -0.2) is 6.10 Å². The molecule has 22 heavy (non-hydrogen) atoms. The molecule has 0 fully saturated rings. The third kappa shape index (κ3) is 2.22. The molecule has 4 rings (SSSR count). The molecule has 1 heteroatoms. The van der Waals surface area contributed by atoms with E-state index in [9.17, 15) is 0 Å². The fraction of sp³-hybridized carbons (Fsp3) is 0.238. The molecule has 0 saturated carbocycles. The summed E-state index contributed by atoms with van der Waals surface area (Å²) in [6.07, 6.45) is 1.27. The van der Waals surface area contributed by atoms with Crippen molar-refractivity contribution in [1.29, 1.82) is 0 Å². The molecule has 110 valence electrons. The molecule has 0 bridgehead atoms. The highest BCUT2D eigenvalue weighted by Crippen LogP contribution is 2.38. The van der Waals surface area contributed by atoms with Gasteiger partial charge in [0.05, 0.1) is 6.10 Å². The van der Waals surface area contributed by atoms with Gasteiger partial charge in [0.2, 0.25) is 0 Å². The minimum absolute atomic E-state index is 0.0453. The molecular formula is C21H20O. The monoisotopic (exact) mass is 288 g/mol. The number of fused-ring (bicyclic) bond motifs is 3. The second-order valence-electron chi connectivity index (χ2n) is 6.30. The zero-order valence-electron chi connectivity index (χ0n) is 13.0. The molecule has 2 atom stereocenters. The van der Waals surface area contributed by atoms with Gasteiger partial charge in [-0.25, -0.2) is 0 Å². The first-order chi connectivity index (χ1) is 10.7. The summed E-state index contributed by atoms with van der Waals surface area (Å²) in [5.74, 6) is 0. The molecule has 0 saturated heterocycles. The lowest BCUT2D eigenvalue weighted by atomic mass is 9.87. The Hall–Kier alpha value is -2.12. The molecule has 0 spiro atoms. The van der Waals surface area contributed by atoms with Gasteiger partial charge in [-0.05, 0) is 47.7 Å². The highest BCUT2D eigenvalue weighted by molar-refractivity contribution is 5.87. The van der Waals surface area contributed by atoms with Gasteiger partial charge in [-0.3, -0.25) is 0 Å². The van der Waals surface area contributed by atoms with E-state index in [2.05, 4.69) is 74.5 Å². The van der Waals surface area contributed by atoms with Crippen LogP contribution >= 0.6 is 0 Å². The van der Waals surface area contributed by atoms with Crippen molar-refractivity contribution in [2.24, 2.45) is 0 Å². The fourth-order valence-electron chi connectivity index (χ4n) is 3.47. The summed E-state index contributed by atoms with van der Waals surface area (Å²) in [5.41, 5.74) is 5.29. The largest absolute Gasteiger partial charge is 0.365 e. The van der Waals surface area contributed by atoms with Crippen LogP contribution < -0.4 is 0 Å². The third-order valence-corrected chi connectivity index (χ3v) is 4.60. The van der Waals surface area contributed by atoms with Gasteiger partial charge in [-0.2, -0.15) is 0 Å². The molecule has 1 aliphatic rings. The van der Waals surface area contributed by atoms with E-state index in [1.54, 1.807) is 0 Å². The lowest BCUT2D eigenvalue weighted by Gasteiger charge is -2.32. The number of hydrogen-bond acceptors (Lipinski definition) is 1. The van der Waals surface area contributed by atoms with Gasteiger partial charge in [0.15, 0.2) is 0 Å². The van der Waals surface area contributed by atoms with Crippen LogP contribution in [0.1, 0.15) is 35.3 Å². The van der Waals surface area contributed by atoms with Gasteiger partial charge >= 0.3 is 0 Å². The number of ether oxygens (including phenoxy) is 1. The predicted molar refractivity (Wildman–Crippen MR) is 91.2 cm³/mol. The number of benzene rings is 3. The summed E-state index contributed by atoms with van der Waals surface area (Å²) in [7, 11) is 0. The average molecular weight is 288 g/mol. The summed E-state index contributed by atoms with van der Waals surface area (Å²) in [4.78, 5) is 0. The number of hydrogen-bond donors (Lipinski definition) is 0. The summed E-state index contributed by atoms with van der Waals surface area (Å²) in [5, 5.41) is 2.69. The van der Waals surface area contributed by atoms with Gasteiger partial charge < -0.3 is 4.74 Å². The van der Waals surface area contributed by atoms with E-state index in [0.717, 1.165) is 6.42 Å². The van der Waals surface area contributed by atoms with E-state index in [1.165, 1.54) is 33.0 Å². The minimum atomic E-state index is 0.0453. The highest BCUT2D eigenvalue weighted by atomic mass is 16.5. The SMILES string of the molecule is Cc1ccc([C@H]2O[C@@H](C)Cc3c2ccc2ccccc32)cc1. The molecule has 1 aliphatic heterocycles. The van der Waals surface area contributed by atoms with Gasteiger partial charge in [0.25, 0.3) is 0 Å². The van der Waals surface area contributed by atoms with E-state index < -0.39 is 0 Å². The first kappa shape index (κ1) is 13.5. The van der Waals surface area contributed by atoms with Crippen molar-refractivity contribution in [1.82, 2.24) is 0 Å². The van der Waals surface area contributed by atoms with E-state index in [1.807, 2.05) is 0 Å². The minimum Gasteiger partial charge on any atom is -0.365 e. The van der Waals surface area contributed by atoms with Crippen molar-refractivity contribution in [2.45, 2.75) is 32.5 Å². The quantitative estimate of drug-likeness (QED) is 0.598. The van der Waals surface area contributed by atoms with Crippen LogP contribution in [0.3, 0.4) is 0 Å². The van der Waals surface area contributed by atoms with Crippen LogP contribution in [0.2, 0.25) is 0 Å². The van der Waals surface area contributed by atoms with Crippen LogP contribution in [0.4, 0.5) is 0 Å². The highest BCUT2D eigenvalue weighted by Gasteiger charge is 2.27. The first-order valence-electron chi connectivity index (χ1n) is 7.95. The summed E-state index contributed by atoms with van der Waals surface area (Å²) in [6, 6.07) is 21.8. The lowest BCUT2D eigenvalue weighted by Crippen LogP contribution is -2.24. The second kappa shape index (κ2) is 5.26. The molecule has 0 radical (unpaired) electrons. The Morgan fingerprint density at radius 2 is 1.68 bits per heavy atom. The van der Waals surface area contributed by atoms with Crippen molar-refractivity contribution in [3.05, 3.63) is 82.9 Å². The van der Waals surface area contributed by atoms with E-state index in [-0.39, 0.29) is 12.2 Å². The summed E-state index contributed by atoms with van der Waals surface area (Å²) in [6.45, 7) is 4.29. The molecule has 0 aliphatic carbocycles. The maximum atomic E-state index is 6.29. The number of aryl methyl sites for hydroxylation is 1. The van der Waals surface area contributed by atoms with E-state index >= 15 is 0 Å². The van der Waals surface area contributed by atoms with Crippen molar-refractivity contribution in [3.63, 3.8) is 0 Å². The molecule has 0 amide bonds. The van der Waals surface area contributed by atoms with Crippen LogP contribution in [0.5, 0.6) is 0 Å². The molecular weight excluding hydrogens is 268 g/mol. The molecule has 1 nitrogen and oxygen atoms in total. The normalized spacial score (nSPS) is 20.8. The zero-order valence-corrected chi connectivity index (χ0v) is 13.0. The summed E-state index contributed by atoms with van der Waals surface area (Å²) < 4.78 is 6.29. The fourth-order valence-corrected chi connectivity index (χ4v) is 3.47. The Balaban J connectivity index is 1.90. The Labute approximate surface area is 131 Å². The molecule has 0 aromatic heterocycles. The number of rotatable bonds is 1. The molecule has 0 N–H and O–H groups in total. The Bertz CT molecular complexity index is 817. The maximum absolute atomic E-state index is 6.29. The maximum Gasteiger partial charge on any atom is 0.108 e. The van der Waals surface area contributed by atoms with E-state index in [0.29, 0.717) is 0 Å². The van der Waals surface area contributed by atoms with Gasteiger partial charge in [0.1, 0.15) is 6.10 Å². The Kier molecular flexibility index (Phi) is 3.24. The standard InChI is InChI=1S/C21H20O/c1-14-7-9-17(10-8-14)21-19-12-11-16-5-3-4-6-18(16)20(19)13-15(2)22-21/h3-12,15,21H,13H2,1-2H3/t15-,21+/m0/s1. The van der Waals surface area contributed by atoms with Gasteiger partial charge in [0, 0.05) is 0 Å². The summed E-state index contributed by atoms with van der Waals surface area (Å²) >= 11 is 0. The van der Waals surface area contributed by atoms with Crippen molar-refractivity contribution < 1.29 is 4.74 Å². The lowest BCUT2D eigenvalue weighted by molar-refractivity contribution is 0.00774. The van der Waals surface area contributed by atoms with Gasteiger partial charge in [-0.1, -0.05) is 66.2 Å². The third-order valence-electron chi connectivity index (χ3n) is 4.60. The van der Waals surface area contributed by atoms with Crippen LogP contribution in [0, 0.1) is 6.92 Å². The Morgan fingerprint density at radius 3 is 2.50 bits per heavy atom. The van der Waals surface area contributed by atoms with Gasteiger partial charge in [-0.15, -0.1) is 0 Å². The molecule has 0 unspecified atom stereocenters. The van der Waals surface area contributed by atoms with Crippen LogP contribution in [0.15, 0.2) is 60.7 Å². The predicted octanol–water partition coefficient (Wildman–Crippen LogP) is 5.20. The Morgan fingerprint density at radius 1 is 0.909 bits per heavy atom. The van der Waals surface area contributed by atoms with Crippen LogP contribution in [-0.2, 0) is 11.2 Å². The molecule has 3 aromatic carbocycles. The van der Waals surface area contributed by atoms with E-state index in [4.69, 9.17) is 4.74 Å². The van der Waals surface area contributed by atoms with Crippen molar-refractivity contribution in [3.8, 4) is 0 Å². The second-order valence-corrected chi connectivity index (χ2v) is 6.30. The van der Waals surface area contributed by atoms with Crippen molar-refractivity contribution >= 4 is 10.8 Å². The zero-order chi connectivity index (χ0) is 15.1. The average Bonchev–Trinajstić information content (AvgIpc) is 2.55. The first-order valence-corrected chi connectivity index (χ1v) is 7.95. The molecule has 3 aromatic rings.